The zero-order valence-electron chi connectivity index (χ0n) is 10.4. The van der Waals surface area contributed by atoms with Crippen molar-refractivity contribution in [2.45, 2.75) is 62.9 Å². The highest BCUT2D eigenvalue weighted by Gasteiger charge is 2.51. The van der Waals surface area contributed by atoms with E-state index in [-0.39, 0.29) is 0 Å². The van der Waals surface area contributed by atoms with E-state index in [9.17, 15) is 0 Å². The first-order chi connectivity index (χ1) is 8.21. The van der Waals surface area contributed by atoms with Crippen LogP contribution in [0.3, 0.4) is 0 Å². The minimum atomic E-state index is 0.383. The summed E-state index contributed by atoms with van der Waals surface area (Å²) in [5, 5.41) is 8.10. The molecule has 0 unspecified atom stereocenters. The van der Waals surface area contributed by atoms with Crippen molar-refractivity contribution >= 4 is 17.3 Å². The third-order valence-electron chi connectivity index (χ3n) is 5.33. The zero-order chi connectivity index (χ0) is 11.5. The average molecular weight is 250 g/mol. The van der Waals surface area contributed by atoms with Crippen molar-refractivity contribution in [1.29, 1.82) is 0 Å². The highest BCUT2D eigenvalue weighted by molar-refractivity contribution is 7.80. The summed E-state index contributed by atoms with van der Waals surface area (Å²) in [6.45, 7) is 0. The Morgan fingerprint density at radius 3 is 1.94 bits per heavy atom. The first-order valence-corrected chi connectivity index (χ1v) is 7.70. The molecule has 0 heterocycles. The Morgan fingerprint density at radius 1 is 0.941 bits per heavy atom. The molecule has 5 rings (SSSR count). The van der Waals surface area contributed by atoms with Gasteiger partial charge in [0.2, 0.25) is 0 Å². The number of thiocarbonyl (C=S) groups is 1. The van der Waals surface area contributed by atoms with E-state index in [0.29, 0.717) is 11.6 Å². The second-order valence-corrected chi connectivity index (χ2v) is 7.48. The van der Waals surface area contributed by atoms with Gasteiger partial charge in [0.1, 0.15) is 0 Å². The van der Waals surface area contributed by atoms with Crippen LogP contribution >= 0.6 is 12.2 Å². The fourth-order valence-corrected chi connectivity index (χ4v) is 5.34. The van der Waals surface area contributed by atoms with Gasteiger partial charge in [-0.2, -0.15) is 0 Å². The molecule has 0 saturated heterocycles. The lowest BCUT2D eigenvalue weighted by molar-refractivity contribution is -0.0101. The molecule has 0 aromatic rings. The molecule has 4 bridgehead atoms. The van der Waals surface area contributed by atoms with Gasteiger partial charge in [-0.05, 0) is 81.3 Å². The van der Waals surface area contributed by atoms with E-state index in [4.69, 9.17) is 12.2 Å². The van der Waals surface area contributed by atoms with Crippen LogP contribution in [0, 0.1) is 17.8 Å². The van der Waals surface area contributed by atoms with Crippen molar-refractivity contribution in [3.05, 3.63) is 0 Å². The van der Waals surface area contributed by atoms with Gasteiger partial charge in [0.25, 0.3) is 0 Å². The van der Waals surface area contributed by atoms with Crippen LogP contribution in [0.15, 0.2) is 0 Å². The minimum absolute atomic E-state index is 0.383. The summed E-state index contributed by atoms with van der Waals surface area (Å²) in [6, 6.07) is 0.684. The molecule has 2 N–H and O–H groups in total. The topological polar surface area (TPSA) is 24.1 Å². The molecule has 5 aliphatic carbocycles. The Morgan fingerprint density at radius 2 is 1.47 bits per heavy atom. The quantitative estimate of drug-likeness (QED) is 0.737. The lowest BCUT2D eigenvalue weighted by Crippen LogP contribution is -2.61. The van der Waals surface area contributed by atoms with E-state index >= 15 is 0 Å². The summed E-state index contributed by atoms with van der Waals surface area (Å²) < 4.78 is 0. The monoisotopic (exact) mass is 250 g/mol. The standard InChI is InChI=1S/C14H22N2S/c17-13(15-12-1-2-12)16-14-6-9-3-10(7-14)5-11(4-9)8-14/h9-12H,1-8H2,(H2,15,16,17). The molecule has 17 heavy (non-hydrogen) atoms. The van der Waals surface area contributed by atoms with Crippen molar-refractivity contribution in [3.8, 4) is 0 Å². The molecule has 0 radical (unpaired) electrons. The van der Waals surface area contributed by atoms with E-state index in [0.717, 1.165) is 22.9 Å². The van der Waals surface area contributed by atoms with Crippen LogP contribution in [0.25, 0.3) is 0 Å². The van der Waals surface area contributed by atoms with Crippen molar-refractivity contribution in [2.24, 2.45) is 17.8 Å². The van der Waals surface area contributed by atoms with E-state index in [1.807, 2.05) is 0 Å². The zero-order valence-corrected chi connectivity index (χ0v) is 11.2. The number of rotatable bonds is 2. The summed E-state index contributed by atoms with van der Waals surface area (Å²) in [5.41, 5.74) is 0.383. The molecule has 0 aromatic carbocycles. The molecular weight excluding hydrogens is 228 g/mol. The summed E-state index contributed by atoms with van der Waals surface area (Å²) in [5.74, 6) is 2.99. The molecule has 3 heteroatoms. The van der Waals surface area contributed by atoms with E-state index in [2.05, 4.69) is 10.6 Å². The van der Waals surface area contributed by atoms with Gasteiger partial charge in [-0.3, -0.25) is 0 Å². The summed E-state index contributed by atoms with van der Waals surface area (Å²) >= 11 is 5.48. The molecule has 2 nitrogen and oxygen atoms in total. The second-order valence-electron chi connectivity index (χ2n) is 7.07. The van der Waals surface area contributed by atoms with Gasteiger partial charge in [0.15, 0.2) is 5.11 Å². The van der Waals surface area contributed by atoms with Crippen LogP contribution in [0.5, 0.6) is 0 Å². The fourth-order valence-electron chi connectivity index (χ4n) is 4.95. The van der Waals surface area contributed by atoms with Crippen molar-refractivity contribution in [3.63, 3.8) is 0 Å². The minimum Gasteiger partial charge on any atom is -0.360 e. The van der Waals surface area contributed by atoms with E-state index in [1.54, 1.807) is 0 Å². The van der Waals surface area contributed by atoms with Crippen molar-refractivity contribution in [1.82, 2.24) is 10.6 Å². The van der Waals surface area contributed by atoms with Crippen LogP contribution in [-0.2, 0) is 0 Å². The van der Waals surface area contributed by atoms with Crippen LogP contribution < -0.4 is 10.6 Å². The lowest BCUT2D eigenvalue weighted by atomic mass is 9.53. The molecular formula is C14H22N2S. The summed E-state index contributed by atoms with van der Waals surface area (Å²) in [4.78, 5) is 0. The molecule has 5 fully saturated rings. The fraction of sp³-hybridized carbons (Fsp3) is 0.929. The van der Waals surface area contributed by atoms with Crippen LogP contribution in [0.2, 0.25) is 0 Å². The number of hydrogen-bond donors (Lipinski definition) is 2. The molecule has 0 amide bonds. The molecule has 0 atom stereocenters. The number of hydrogen-bond acceptors (Lipinski definition) is 1. The highest BCUT2D eigenvalue weighted by Crippen LogP contribution is 2.55. The maximum absolute atomic E-state index is 5.48. The molecule has 5 saturated carbocycles. The smallest absolute Gasteiger partial charge is 0.166 e. The van der Waals surface area contributed by atoms with E-state index < -0.39 is 0 Å². The lowest BCUT2D eigenvalue weighted by Gasteiger charge is -2.57. The van der Waals surface area contributed by atoms with Gasteiger partial charge in [-0.1, -0.05) is 0 Å². The SMILES string of the molecule is S=C(NC1CC1)NC12CC3CC(CC(C3)C1)C2. The molecule has 0 spiro atoms. The predicted molar refractivity (Wildman–Crippen MR) is 72.8 cm³/mol. The first-order valence-electron chi connectivity index (χ1n) is 7.29. The molecule has 0 aromatic heterocycles. The average Bonchev–Trinajstić information content (AvgIpc) is 2.97. The molecule has 94 valence electrons. The Balaban J connectivity index is 1.46. The van der Waals surface area contributed by atoms with E-state index in [1.165, 1.54) is 51.4 Å². The van der Waals surface area contributed by atoms with Gasteiger partial charge in [-0.25, -0.2) is 0 Å². The Hall–Kier alpha value is -0.310. The Bertz CT molecular complexity index is 313. The van der Waals surface area contributed by atoms with Gasteiger partial charge in [-0.15, -0.1) is 0 Å². The largest absolute Gasteiger partial charge is 0.360 e. The summed E-state index contributed by atoms with van der Waals surface area (Å²) in [6.07, 6.45) is 11.3. The predicted octanol–water partition coefficient (Wildman–Crippen LogP) is 2.58. The third-order valence-corrected chi connectivity index (χ3v) is 5.55. The van der Waals surface area contributed by atoms with Gasteiger partial charge in [0.05, 0.1) is 0 Å². The normalized spacial score (nSPS) is 46.9. The Kier molecular flexibility index (Phi) is 2.24. The molecule has 0 aliphatic heterocycles. The summed E-state index contributed by atoms with van der Waals surface area (Å²) in [7, 11) is 0. The van der Waals surface area contributed by atoms with Gasteiger partial charge < -0.3 is 10.6 Å². The first kappa shape index (κ1) is 10.6. The van der Waals surface area contributed by atoms with Gasteiger partial charge >= 0.3 is 0 Å². The van der Waals surface area contributed by atoms with Crippen LogP contribution in [0.4, 0.5) is 0 Å². The Labute approximate surface area is 109 Å². The maximum atomic E-state index is 5.48. The van der Waals surface area contributed by atoms with Crippen molar-refractivity contribution in [2.75, 3.05) is 0 Å². The molecule has 5 aliphatic rings. The highest BCUT2D eigenvalue weighted by atomic mass is 32.1. The third kappa shape index (κ3) is 1.96. The maximum Gasteiger partial charge on any atom is 0.166 e. The van der Waals surface area contributed by atoms with Crippen LogP contribution in [-0.4, -0.2) is 16.7 Å². The number of nitrogens with one attached hydrogen (secondary N) is 2. The second kappa shape index (κ2) is 3.59. The van der Waals surface area contributed by atoms with Gasteiger partial charge in [0, 0.05) is 11.6 Å². The van der Waals surface area contributed by atoms with Crippen LogP contribution in [0.1, 0.15) is 51.4 Å². The van der Waals surface area contributed by atoms with Crippen molar-refractivity contribution < 1.29 is 0 Å².